The fraction of sp³-hybridized carbons (Fsp3) is 0.185. The van der Waals surface area contributed by atoms with Gasteiger partial charge in [0.2, 0.25) is 10.0 Å². The number of carbonyl (C=O) groups is 1. The van der Waals surface area contributed by atoms with E-state index in [9.17, 15) is 13.2 Å². The monoisotopic (exact) mass is 520 g/mol. The maximum Gasteiger partial charge on any atom is 0.251 e. The van der Waals surface area contributed by atoms with Gasteiger partial charge in [0.15, 0.2) is 0 Å². The lowest BCUT2D eigenvalue weighted by molar-refractivity contribution is 0.0950. The van der Waals surface area contributed by atoms with Gasteiger partial charge in [0.25, 0.3) is 5.91 Å². The Balaban J connectivity index is 1.71. The first kappa shape index (κ1) is 25.6. The van der Waals surface area contributed by atoms with Crippen molar-refractivity contribution in [3.8, 4) is 21.0 Å². The normalized spacial score (nSPS) is 11.9. The number of amides is 1. The number of thiazole rings is 1. The summed E-state index contributed by atoms with van der Waals surface area (Å²) in [4.78, 5) is 18.1. The molecule has 186 valence electrons. The molecule has 0 fully saturated rings. The summed E-state index contributed by atoms with van der Waals surface area (Å²) in [5.41, 5.74) is 8.30. The molecule has 1 heterocycles. The smallest absolute Gasteiger partial charge is 0.251 e. The molecule has 3 aromatic carbocycles. The molecule has 0 unspecified atom stereocenters. The van der Waals surface area contributed by atoms with E-state index in [1.165, 1.54) is 17.4 Å². The van der Waals surface area contributed by atoms with Crippen molar-refractivity contribution in [1.82, 2.24) is 15.0 Å². The average Bonchev–Trinajstić information content (AvgIpc) is 3.32. The van der Waals surface area contributed by atoms with Gasteiger partial charge in [0.05, 0.1) is 9.77 Å². The Hall–Kier alpha value is -3.53. The zero-order valence-electron chi connectivity index (χ0n) is 20.3. The zero-order chi connectivity index (χ0) is 25.9. The van der Waals surface area contributed by atoms with Crippen LogP contribution in [0.1, 0.15) is 36.7 Å². The number of nitrogens with one attached hydrogen (secondary N) is 2. The number of nitrogens with zero attached hydrogens (tertiary/aromatic N) is 1. The van der Waals surface area contributed by atoms with Crippen molar-refractivity contribution in [2.45, 2.75) is 37.8 Å². The second-order valence-electron chi connectivity index (χ2n) is 9.39. The van der Waals surface area contributed by atoms with E-state index in [1.54, 1.807) is 51.2 Å². The first-order valence-electron chi connectivity index (χ1n) is 11.3. The number of benzene rings is 3. The van der Waals surface area contributed by atoms with E-state index >= 15 is 0 Å². The third kappa shape index (κ3) is 6.17. The fourth-order valence-corrected chi connectivity index (χ4v) is 6.28. The van der Waals surface area contributed by atoms with E-state index in [-0.39, 0.29) is 16.4 Å². The third-order valence-electron chi connectivity index (χ3n) is 5.20. The zero-order valence-corrected chi connectivity index (χ0v) is 21.9. The fourth-order valence-electron chi connectivity index (χ4n) is 3.59. The number of hydrogen-bond donors (Lipinski definition) is 3. The summed E-state index contributed by atoms with van der Waals surface area (Å²) >= 11 is 1.37. The quantitative estimate of drug-likeness (QED) is 0.295. The van der Waals surface area contributed by atoms with Crippen LogP contribution in [0.3, 0.4) is 0 Å². The van der Waals surface area contributed by atoms with E-state index in [0.717, 1.165) is 16.1 Å². The minimum atomic E-state index is -3.95. The molecule has 0 aliphatic heterocycles. The summed E-state index contributed by atoms with van der Waals surface area (Å²) < 4.78 is 29.6. The highest BCUT2D eigenvalue weighted by Gasteiger charge is 2.27. The molecule has 0 atom stereocenters. The lowest BCUT2D eigenvalue weighted by Crippen LogP contribution is -2.40. The predicted molar refractivity (Wildman–Crippen MR) is 145 cm³/mol. The van der Waals surface area contributed by atoms with Crippen LogP contribution in [-0.2, 0) is 16.6 Å². The Kier molecular flexibility index (Phi) is 7.26. The van der Waals surface area contributed by atoms with E-state index in [4.69, 9.17) is 5.73 Å². The Morgan fingerprint density at radius 1 is 1.00 bits per heavy atom. The molecular formula is C27H28N4O3S2. The van der Waals surface area contributed by atoms with Gasteiger partial charge in [-0.15, -0.1) is 11.3 Å². The lowest BCUT2D eigenvalue weighted by Gasteiger charge is -2.21. The van der Waals surface area contributed by atoms with Crippen molar-refractivity contribution < 1.29 is 13.2 Å². The average molecular weight is 521 g/mol. The molecule has 0 saturated heterocycles. The molecular weight excluding hydrogens is 492 g/mol. The molecule has 4 N–H and O–H groups in total. The second-order valence-corrected chi connectivity index (χ2v) is 12.1. The Morgan fingerprint density at radius 3 is 2.36 bits per heavy atom. The van der Waals surface area contributed by atoms with E-state index < -0.39 is 15.6 Å². The van der Waals surface area contributed by atoms with Gasteiger partial charge in [-0.2, -0.15) is 0 Å². The van der Waals surface area contributed by atoms with Crippen LogP contribution in [0.2, 0.25) is 0 Å². The molecule has 9 heteroatoms. The van der Waals surface area contributed by atoms with Gasteiger partial charge in [0.1, 0.15) is 5.01 Å². The number of hydrogen-bond acceptors (Lipinski definition) is 6. The van der Waals surface area contributed by atoms with Gasteiger partial charge in [-0.05, 0) is 62.7 Å². The van der Waals surface area contributed by atoms with Crippen LogP contribution in [0.5, 0.6) is 0 Å². The molecule has 0 saturated carbocycles. The summed E-state index contributed by atoms with van der Waals surface area (Å²) in [6.07, 6.45) is 1.65. The van der Waals surface area contributed by atoms with Crippen molar-refractivity contribution in [2.75, 3.05) is 5.73 Å². The van der Waals surface area contributed by atoms with E-state index in [2.05, 4.69) is 15.0 Å². The van der Waals surface area contributed by atoms with Crippen LogP contribution in [-0.4, -0.2) is 24.8 Å². The molecule has 0 aliphatic carbocycles. The number of sulfonamides is 1. The first-order chi connectivity index (χ1) is 17.0. The van der Waals surface area contributed by atoms with E-state index in [0.29, 0.717) is 22.7 Å². The highest BCUT2D eigenvalue weighted by Crippen LogP contribution is 2.36. The highest BCUT2D eigenvalue weighted by atomic mass is 32.2. The lowest BCUT2D eigenvalue weighted by atomic mass is 10.1. The standard InChI is InChI=1S/C27H28N4O3S2/c1-27(2,3)31-36(33,34)24-15-20(25(32)29-16-18-7-5-4-6-8-18)11-14-22(24)23-17-30-26(35-23)19-9-12-21(28)13-10-19/h4-15,17,31H,16,28H2,1-3H3,(H,29,32). The number of rotatable bonds is 7. The Bertz CT molecular complexity index is 1470. The molecule has 7 nitrogen and oxygen atoms in total. The summed E-state index contributed by atoms with van der Waals surface area (Å²) in [7, 11) is -3.95. The maximum atomic E-state index is 13.4. The summed E-state index contributed by atoms with van der Waals surface area (Å²) in [5.74, 6) is -0.357. The molecule has 4 rings (SSSR count). The largest absolute Gasteiger partial charge is 0.399 e. The minimum Gasteiger partial charge on any atom is -0.399 e. The molecule has 0 bridgehead atoms. The van der Waals surface area contributed by atoms with Crippen molar-refractivity contribution in [3.05, 3.63) is 90.1 Å². The molecule has 1 amide bonds. The summed E-state index contributed by atoms with van der Waals surface area (Å²) in [5, 5.41) is 3.60. The maximum absolute atomic E-state index is 13.4. The first-order valence-corrected chi connectivity index (χ1v) is 13.6. The highest BCUT2D eigenvalue weighted by molar-refractivity contribution is 7.89. The summed E-state index contributed by atoms with van der Waals surface area (Å²) in [6, 6.07) is 21.6. The van der Waals surface area contributed by atoms with Gasteiger partial charge >= 0.3 is 0 Å². The predicted octanol–water partition coefficient (Wildman–Crippen LogP) is 5.07. The SMILES string of the molecule is CC(C)(C)NS(=O)(=O)c1cc(C(=O)NCc2ccccc2)ccc1-c1cnc(-c2ccc(N)cc2)s1. The van der Waals surface area contributed by atoms with Crippen molar-refractivity contribution in [3.63, 3.8) is 0 Å². The van der Waals surface area contributed by atoms with Crippen molar-refractivity contribution >= 4 is 33.0 Å². The van der Waals surface area contributed by atoms with Crippen LogP contribution in [0, 0.1) is 0 Å². The van der Waals surface area contributed by atoms with Crippen molar-refractivity contribution in [2.24, 2.45) is 0 Å². The second kappa shape index (κ2) is 10.2. The van der Waals surface area contributed by atoms with Crippen LogP contribution in [0.4, 0.5) is 5.69 Å². The number of aromatic nitrogens is 1. The molecule has 0 spiro atoms. The van der Waals surface area contributed by atoms with Crippen LogP contribution in [0.15, 0.2) is 83.9 Å². The topological polar surface area (TPSA) is 114 Å². The third-order valence-corrected chi connectivity index (χ3v) is 8.08. The van der Waals surface area contributed by atoms with Gasteiger partial charge in [0, 0.05) is 40.7 Å². The summed E-state index contributed by atoms with van der Waals surface area (Å²) in [6.45, 7) is 5.65. The molecule has 1 aromatic heterocycles. The number of anilines is 1. The number of nitrogens with two attached hydrogens (primary N) is 1. The van der Waals surface area contributed by atoms with Crippen LogP contribution in [0.25, 0.3) is 21.0 Å². The number of carbonyl (C=O) groups excluding carboxylic acids is 1. The Morgan fingerprint density at radius 2 is 1.69 bits per heavy atom. The number of nitrogen functional groups attached to an aromatic ring is 1. The van der Waals surface area contributed by atoms with Crippen LogP contribution < -0.4 is 15.8 Å². The minimum absolute atomic E-state index is 0.0253. The van der Waals surface area contributed by atoms with Gasteiger partial charge < -0.3 is 11.1 Å². The van der Waals surface area contributed by atoms with Gasteiger partial charge in [-0.3, -0.25) is 4.79 Å². The molecule has 0 radical (unpaired) electrons. The molecule has 36 heavy (non-hydrogen) atoms. The molecule has 0 aliphatic rings. The Labute approximate surface area is 215 Å². The molecule has 4 aromatic rings. The van der Waals surface area contributed by atoms with E-state index in [1.807, 2.05) is 42.5 Å². The van der Waals surface area contributed by atoms with Gasteiger partial charge in [-0.1, -0.05) is 36.4 Å². The van der Waals surface area contributed by atoms with Crippen LogP contribution >= 0.6 is 11.3 Å². The van der Waals surface area contributed by atoms with Gasteiger partial charge in [-0.25, -0.2) is 18.1 Å². The van der Waals surface area contributed by atoms with Crippen molar-refractivity contribution in [1.29, 1.82) is 0 Å².